The Bertz CT molecular complexity index is 269. The van der Waals surface area contributed by atoms with Gasteiger partial charge in [0, 0.05) is 11.3 Å². The number of hydrogen-bond donors (Lipinski definition) is 1. The Morgan fingerprint density at radius 2 is 2.22 bits per heavy atom. The highest BCUT2D eigenvalue weighted by molar-refractivity contribution is 7.99. The van der Waals surface area contributed by atoms with Crippen LogP contribution in [0.1, 0.15) is 52.9 Å². The molecule has 0 aromatic rings. The third kappa shape index (κ3) is 5.19. The van der Waals surface area contributed by atoms with Gasteiger partial charge in [0.15, 0.2) is 0 Å². The summed E-state index contributed by atoms with van der Waals surface area (Å²) in [5, 5.41) is 4.15. The molecule has 18 heavy (non-hydrogen) atoms. The summed E-state index contributed by atoms with van der Waals surface area (Å²) in [4.78, 5) is 11.9. The van der Waals surface area contributed by atoms with Crippen LogP contribution in [-0.2, 0) is 9.53 Å². The summed E-state index contributed by atoms with van der Waals surface area (Å²) in [6.45, 7) is 6.45. The van der Waals surface area contributed by atoms with Gasteiger partial charge in [-0.3, -0.25) is 10.1 Å². The largest absolute Gasteiger partial charge is 0.468 e. The second kappa shape index (κ2) is 7.39. The first-order chi connectivity index (χ1) is 8.51. The van der Waals surface area contributed by atoms with Crippen molar-refractivity contribution in [2.75, 3.05) is 12.9 Å². The standard InChI is InChI=1S/C14H27NO2S/c1-5-11(2)18-10-6-9-14(3,13(16)17-4)15-12-7-8-12/h11-12,15H,5-10H2,1-4H3. The smallest absolute Gasteiger partial charge is 0.325 e. The molecule has 0 aromatic heterocycles. The minimum absolute atomic E-state index is 0.122. The summed E-state index contributed by atoms with van der Waals surface area (Å²) < 4.78 is 4.94. The number of thioether (sulfide) groups is 1. The highest BCUT2D eigenvalue weighted by atomic mass is 32.2. The average molecular weight is 273 g/mol. The van der Waals surface area contributed by atoms with E-state index in [0.717, 1.165) is 18.6 Å². The van der Waals surface area contributed by atoms with E-state index in [1.165, 1.54) is 26.4 Å². The van der Waals surface area contributed by atoms with Crippen LogP contribution >= 0.6 is 11.8 Å². The number of esters is 1. The van der Waals surface area contributed by atoms with E-state index < -0.39 is 5.54 Å². The Hall–Kier alpha value is -0.220. The minimum Gasteiger partial charge on any atom is -0.468 e. The highest BCUT2D eigenvalue weighted by Gasteiger charge is 2.38. The molecule has 106 valence electrons. The van der Waals surface area contributed by atoms with Crippen LogP contribution in [0.5, 0.6) is 0 Å². The van der Waals surface area contributed by atoms with E-state index in [2.05, 4.69) is 19.2 Å². The summed E-state index contributed by atoms with van der Waals surface area (Å²) in [5.74, 6) is 0.997. The Labute approximate surface area is 115 Å². The number of rotatable bonds is 9. The molecular formula is C14H27NO2S. The van der Waals surface area contributed by atoms with Gasteiger partial charge in [0.05, 0.1) is 7.11 Å². The van der Waals surface area contributed by atoms with Gasteiger partial charge >= 0.3 is 5.97 Å². The van der Waals surface area contributed by atoms with Gasteiger partial charge in [0.1, 0.15) is 5.54 Å². The number of carbonyl (C=O) groups excluding carboxylic acids is 1. The maximum Gasteiger partial charge on any atom is 0.325 e. The van der Waals surface area contributed by atoms with Crippen molar-refractivity contribution in [3.8, 4) is 0 Å². The van der Waals surface area contributed by atoms with Gasteiger partial charge in [-0.25, -0.2) is 0 Å². The summed E-state index contributed by atoms with van der Waals surface area (Å²) in [5.41, 5.74) is -0.494. The molecule has 0 saturated heterocycles. The van der Waals surface area contributed by atoms with Crippen molar-refractivity contribution < 1.29 is 9.53 Å². The van der Waals surface area contributed by atoms with E-state index in [0.29, 0.717) is 11.3 Å². The highest BCUT2D eigenvalue weighted by Crippen LogP contribution is 2.26. The first kappa shape index (κ1) is 15.8. The molecular weight excluding hydrogens is 246 g/mol. The lowest BCUT2D eigenvalue weighted by Gasteiger charge is -2.28. The second-order valence-electron chi connectivity index (χ2n) is 5.44. The van der Waals surface area contributed by atoms with Crippen LogP contribution in [-0.4, -0.2) is 35.7 Å². The number of hydrogen-bond acceptors (Lipinski definition) is 4. The maximum atomic E-state index is 11.9. The maximum absolute atomic E-state index is 11.9. The lowest BCUT2D eigenvalue weighted by Crippen LogP contribution is -2.51. The lowest BCUT2D eigenvalue weighted by molar-refractivity contribution is -0.148. The summed E-state index contributed by atoms with van der Waals surface area (Å²) >= 11 is 1.99. The van der Waals surface area contributed by atoms with Crippen molar-refractivity contribution >= 4 is 17.7 Å². The van der Waals surface area contributed by atoms with E-state index in [1.807, 2.05) is 18.7 Å². The van der Waals surface area contributed by atoms with Gasteiger partial charge in [-0.2, -0.15) is 11.8 Å². The van der Waals surface area contributed by atoms with Crippen LogP contribution in [0.4, 0.5) is 0 Å². The zero-order valence-corrected chi connectivity index (χ0v) is 12.9. The van der Waals surface area contributed by atoms with Crippen LogP contribution in [0.2, 0.25) is 0 Å². The van der Waals surface area contributed by atoms with Gasteiger partial charge in [-0.15, -0.1) is 0 Å². The van der Waals surface area contributed by atoms with E-state index in [9.17, 15) is 4.79 Å². The van der Waals surface area contributed by atoms with Crippen molar-refractivity contribution in [2.45, 2.75) is 69.7 Å². The number of methoxy groups -OCH3 is 1. The summed E-state index contributed by atoms with van der Waals surface area (Å²) in [6, 6.07) is 0.524. The van der Waals surface area contributed by atoms with Crippen molar-refractivity contribution in [1.29, 1.82) is 0 Å². The monoisotopic (exact) mass is 273 g/mol. The molecule has 0 aliphatic heterocycles. The number of ether oxygens (including phenoxy) is 1. The zero-order valence-electron chi connectivity index (χ0n) is 12.1. The van der Waals surface area contributed by atoms with Gasteiger partial charge in [0.2, 0.25) is 0 Å². The predicted octanol–water partition coefficient (Wildman–Crippen LogP) is 2.98. The van der Waals surface area contributed by atoms with Crippen molar-refractivity contribution in [2.24, 2.45) is 0 Å². The fourth-order valence-electron chi connectivity index (χ4n) is 1.96. The number of carbonyl (C=O) groups is 1. The van der Waals surface area contributed by atoms with Crippen LogP contribution in [0.25, 0.3) is 0 Å². The van der Waals surface area contributed by atoms with E-state index in [-0.39, 0.29) is 5.97 Å². The Balaban J connectivity index is 2.33. The molecule has 0 aromatic carbocycles. The molecule has 0 bridgehead atoms. The second-order valence-corrected chi connectivity index (χ2v) is 6.98. The molecule has 0 amide bonds. The van der Waals surface area contributed by atoms with Crippen molar-refractivity contribution in [3.05, 3.63) is 0 Å². The normalized spacial score (nSPS) is 20.2. The minimum atomic E-state index is -0.494. The lowest BCUT2D eigenvalue weighted by atomic mass is 9.96. The van der Waals surface area contributed by atoms with Gasteiger partial charge in [-0.05, 0) is 44.8 Å². The molecule has 0 radical (unpaired) electrons. The molecule has 4 heteroatoms. The Morgan fingerprint density at radius 1 is 1.56 bits per heavy atom. The fraction of sp³-hybridized carbons (Fsp3) is 0.929. The molecule has 1 N–H and O–H groups in total. The zero-order chi connectivity index (χ0) is 13.6. The quantitative estimate of drug-likeness (QED) is 0.518. The molecule has 2 atom stereocenters. The predicted molar refractivity (Wildman–Crippen MR) is 78.0 cm³/mol. The Kier molecular flexibility index (Phi) is 6.50. The SMILES string of the molecule is CCC(C)SCCCC(C)(NC1CC1)C(=O)OC. The van der Waals surface area contributed by atoms with Gasteiger partial charge < -0.3 is 4.74 Å². The molecule has 1 fully saturated rings. The molecule has 1 aliphatic rings. The van der Waals surface area contributed by atoms with E-state index in [4.69, 9.17) is 4.74 Å². The molecule has 1 aliphatic carbocycles. The van der Waals surface area contributed by atoms with E-state index in [1.54, 1.807) is 0 Å². The molecule has 0 heterocycles. The molecule has 1 rings (SSSR count). The first-order valence-corrected chi connectivity index (χ1v) is 8.04. The van der Waals surface area contributed by atoms with Crippen LogP contribution in [0.15, 0.2) is 0 Å². The fourth-order valence-corrected chi connectivity index (χ4v) is 2.91. The van der Waals surface area contributed by atoms with Crippen LogP contribution in [0, 0.1) is 0 Å². The average Bonchev–Trinajstić information content (AvgIpc) is 3.16. The topological polar surface area (TPSA) is 38.3 Å². The van der Waals surface area contributed by atoms with Gasteiger partial charge in [0.25, 0.3) is 0 Å². The van der Waals surface area contributed by atoms with Crippen LogP contribution < -0.4 is 5.32 Å². The third-order valence-electron chi connectivity index (χ3n) is 3.53. The van der Waals surface area contributed by atoms with Gasteiger partial charge in [-0.1, -0.05) is 13.8 Å². The first-order valence-electron chi connectivity index (χ1n) is 6.99. The third-order valence-corrected chi connectivity index (χ3v) is 4.96. The van der Waals surface area contributed by atoms with Crippen LogP contribution in [0.3, 0.4) is 0 Å². The van der Waals surface area contributed by atoms with Crippen molar-refractivity contribution in [3.63, 3.8) is 0 Å². The van der Waals surface area contributed by atoms with Crippen molar-refractivity contribution in [1.82, 2.24) is 5.32 Å². The molecule has 1 saturated carbocycles. The molecule has 2 unspecified atom stereocenters. The van der Waals surface area contributed by atoms with E-state index >= 15 is 0 Å². The summed E-state index contributed by atoms with van der Waals surface area (Å²) in [6.07, 6.45) is 5.50. The summed E-state index contributed by atoms with van der Waals surface area (Å²) in [7, 11) is 1.48. The number of nitrogens with one attached hydrogen (secondary N) is 1. The molecule has 0 spiro atoms. The molecule has 3 nitrogen and oxygen atoms in total. The Morgan fingerprint density at radius 3 is 2.72 bits per heavy atom.